The first-order valence-corrected chi connectivity index (χ1v) is 9.91. The van der Waals surface area contributed by atoms with Gasteiger partial charge < -0.3 is 14.6 Å². The molecule has 0 spiro atoms. The van der Waals surface area contributed by atoms with Gasteiger partial charge in [0.1, 0.15) is 23.7 Å². The van der Waals surface area contributed by atoms with Gasteiger partial charge in [-0.05, 0) is 30.5 Å². The number of hydrogen-bond donors (Lipinski definition) is 1. The minimum atomic E-state index is -0.620. The molecule has 0 bridgehead atoms. The summed E-state index contributed by atoms with van der Waals surface area (Å²) in [5.41, 5.74) is 0.599. The minimum absolute atomic E-state index is 0.0553. The zero-order valence-corrected chi connectivity index (χ0v) is 16.9. The molecule has 1 atom stereocenters. The second-order valence-corrected chi connectivity index (χ2v) is 7.12. The number of benzene rings is 1. The van der Waals surface area contributed by atoms with E-state index in [-0.39, 0.29) is 29.6 Å². The van der Waals surface area contributed by atoms with E-state index in [1.807, 2.05) is 13.0 Å². The van der Waals surface area contributed by atoms with E-state index in [2.05, 4.69) is 10.3 Å². The van der Waals surface area contributed by atoms with Crippen LogP contribution in [0.1, 0.15) is 42.1 Å². The van der Waals surface area contributed by atoms with Crippen LogP contribution < -0.4 is 4.74 Å². The van der Waals surface area contributed by atoms with Crippen LogP contribution in [-0.2, 0) is 16.1 Å². The highest BCUT2D eigenvalue weighted by molar-refractivity contribution is 5.97. The molecule has 0 amide bonds. The summed E-state index contributed by atoms with van der Waals surface area (Å²) >= 11 is 0. The highest BCUT2D eigenvalue weighted by atomic mass is 16.5. The van der Waals surface area contributed by atoms with E-state index in [0.717, 1.165) is 0 Å². The Labute approximate surface area is 174 Å². The molecule has 0 saturated heterocycles. The fraction of sp³-hybridized carbons (Fsp3) is 0.364. The lowest BCUT2D eigenvalue weighted by molar-refractivity contribution is -0.114. The van der Waals surface area contributed by atoms with Gasteiger partial charge >= 0.3 is 5.97 Å². The average molecular weight is 411 g/mol. The number of carbonyl (C=O) groups excluding carboxylic acids is 2. The molecular weight excluding hydrogens is 386 g/mol. The maximum absolute atomic E-state index is 12.6. The Hall–Kier alpha value is -3.42. The Morgan fingerprint density at radius 1 is 1.30 bits per heavy atom. The monoisotopic (exact) mass is 411 g/mol. The molecule has 0 fully saturated rings. The van der Waals surface area contributed by atoms with Crippen molar-refractivity contribution in [2.24, 2.45) is 5.92 Å². The number of hydrogen-bond acceptors (Lipinski definition) is 7. The van der Waals surface area contributed by atoms with Gasteiger partial charge in [0.15, 0.2) is 5.78 Å². The van der Waals surface area contributed by atoms with E-state index in [4.69, 9.17) is 9.47 Å². The Kier molecular flexibility index (Phi) is 7.37. The summed E-state index contributed by atoms with van der Waals surface area (Å²) in [6.45, 7) is 2.79. The summed E-state index contributed by atoms with van der Waals surface area (Å²) in [5, 5.41) is 18.1. The minimum Gasteiger partial charge on any atom is -0.507 e. The number of fused-ring (bicyclic) bond motifs is 1. The van der Waals surface area contributed by atoms with Crippen LogP contribution in [0.2, 0.25) is 0 Å². The molecule has 0 aliphatic carbocycles. The van der Waals surface area contributed by atoms with Crippen LogP contribution in [0.3, 0.4) is 0 Å². The molecule has 3 rings (SSSR count). The van der Waals surface area contributed by atoms with Crippen molar-refractivity contribution in [2.75, 3.05) is 13.2 Å². The molecule has 1 N–H and O–H groups in total. The van der Waals surface area contributed by atoms with Crippen molar-refractivity contribution >= 4 is 17.8 Å². The lowest BCUT2D eigenvalue weighted by Crippen LogP contribution is -2.13. The zero-order chi connectivity index (χ0) is 21.3. The second-order valence-electron chi connectivity index (χ2n) is 7.12. The van der Waals surface area contributed by atoms with Gasteiger partial charge in [-0.2, -0.15) is 0 Å². The zero-order valence-electron chi connectivity index (χ0n) is 16.9. The van der Waals surface area contributed by atoms with Crippen molar-refractivity contribution in [2.45, 2.75) is 32.7 Å². The number of nitrogens with zero attached hydrogens (tertiary/aromatic N) is 3. The topological polar surface area (TPSA) is 104 Å². The summed E-state index contributed by atoms with van der Waals surface area (Å²) in [6, 6.07) is 3.09. The molecule has 0 unspecified atom stereocenters. The molecule has 1 aliphatic rings. The largest absolute Gasteiger partial charge is 0.507 e. The number of phenolic OH excluding ortho intramolecular Hbond substituents is 1. The molecule has 1 aromatic carbocycles. The normalized spacial score (nSPS) is 20.0. The van der Waals surface area contributed by atoms with Crippen molar-refractivity contribution < 1.29 is 24.2 Å². The summed E-state index contributed by atoms with van der Waals surface area (Å²) in [5.74, 6) is -0.453. The number of carbonyl (C=O) groups is 2. The Bertz CT molecular complexity index is 934. The Morgan fingerprint density at radius 2 is 2.17 bits per heavy atom. The first-order chi connectivity index (χ1) is 14.5. The van der Waals surface area contributed by atoms with Crippen molar-refractivity contribution in [1.82, 2.24) is 15.0 Å². The van der Waals surface area contributed by atoms with Crippen LogP contribution in [-0.4, -0.2) is 45.1 Å². The molecule has 2 aromatic rings. The Morgan fingerprint density at radius 3 is 2.97 bits per heavy atom. The van der Waals surface area contributed by atoms with Gasteiger partial charge in [-0.1, -0.05) is 30.4 Å². The van der Waals surface area contributed by atoms with Gasteiger partial charge in [0.2, 0.25) is 0 Å². The first-order valence-electron chi connectivity index (χ1n) is 9.91. The van der Waals surface area contributed by atoms with Crippen molar-refractivity contribution in [3.63, 3.8) is 0 Å². The van der Waals surface area contributed by atoms with E-state index in [0.29, 0.717) is 43.7 Å². The molecular formula is C22H25N3O5. The SMILES string of the molecule is C[C@@H]1/C=C\C(=O)CCC/C=C/c2cc(OCCn3ccnn3)cc(O)c2C(=O)OC1. The third-order valence-electron chi connectivity index (χ3n) is 4.57. The van der Waals surface area contributed by atoms with Gasteiger partial charge in [0.25, 0.3) is 0 Å². The van der Waals surface area contributed by atoms with Gasteiger partial charge in [-0.15, -0.1) is 5.10 Å². The van der Waals surface area contributed by atoms with Gasteiger partial charge in [-0.3, -0.25) is 4.79 Å². The van der Waals surface area contributed by atoms with Crippen LogP contribution >= 0.6 is 0 Å². The lowest BCUT2D eigenvalue weighted by atomic mass is 10.0. The van der Waals surface area contributed by atoms with Crippen molar-refractivity contribution in [1.29, 1.82) is 0 Å². The molecule has 158 valence electrons. The first kappa shape index (κ1) is 21.3. The number of phenols is 1. The molecule has 0 radical (unpaired) electrons. The second kappa shape index (κ2) is 10.4. The summed E-state index contributed by atoms with van der Waals surface area (Å²) in [6.07, 6.45) is 12.0. The van der Waals surface area contributed by atoms with E-state index >= 15 is 0 Å². The lowest BCUT2D eigenvalue weighted by Gasteiger charge is -2.14. The van der Waals surface area contributed by atoms with E-state index < -0.39 is 5.97 Å². The van der Waals surface area contributed by atoms with Gasteiger partial charge in [0, 0.05) is 24.6 Å². The highest BCUT2D eigenvalue weighted by Gasteiger charge is 2.19. The maximum atomic E-state index is 12.6. The smallest absolute Gasteiger partial charge is 0.342 e. The quantitative estimate of drug-likeness (QED) is 0.771. The molecule has 2 heterocycles. The molecule has 1 aliphatic heterocycles. The summed E-state index contributed by atoms with van der Waals surface area (Å²) < 4.78 is 12.7. The third kappa shape index (κ3) is 6.04. The summed E-state index contributed by atoms with van der Waals surface area (Å²) in [4.78, 5) is 24.5. The number of aromatic nitrogens is 3. The molecule has 0 saturated carbocycles. The maximum Gasteiger partial charge on any atom is 0.342 e. The molecule has 1 aromatic heterocycles. The predicted molar refractivity (Wildman–Crippen MR) is 110 cm³/mol. The van der Waals surface area contributed by atoms with Crippen LogP contribution in [0.25, 0.3) is 6.08 Å². The summed E-state index contributed by atoms with van der Waals surface area (Å²) in [7, 11) is 0. The molecule has 8 nitrogen and oxygen atoms in total. The predicted octanol–water partition coefficient (Wildman–Crippen LogP) is 3.18. The number of allylic oxidation sites excluding steroid dienone is 2. The van der Waals surface area contributed by atoms with E-state index in [1.54, 1.807) is 41.4 Å². The van der Waals surface area contributed by atoms with Crippen LogP contribution in [0.5, 0.6) is 11.5 Å². The highest BCUT2D eigenvalue weighted by Crippen LogP contribution is 2.30. The number of ether oxygens (including phenoxy) is 2. The Balaban J connectivity index is 1.80. The fourth-order valence-electron chi connectivity index (χ4n) is 2.96. The van der Waals surface area contributed by atoms with Crippen LogP contribution in [0, 0.1) is 5.92 Å². The number of ketones is 1. The van der Waals surface area contributed by atoms with E-state index in [9.17, 15) is 14.7 Å². The standard InChI is InChI=1S/C22H25N3O5/c1-16-7-8-18(26)6-4-2-3-5-17-13-19(29-12-11-25-10-9-23-24-25)14-20(27)21(17)22(28)30-15-16/h3,5,7-10,13-14,16,27H,2,4,6,11-12,15H2,1H3/b5-3+,8-7-/t16-/m1/s1. The van der Waals surface area contributed by atoms with Crippen LogP contribution in [0.4, 0.5) is 0 Å². The fourth-order valence-corrected chi connectivity index (χ4v) is 2.96. The molecule has 8 heteroatoms. The van der Waals surface area contributed by atoms with Crippen LogP contribution in [0.15, 0.2) is 42.8 Å². The van der Waals surface area contributed by atoms with Crippen molar-refractivity contribution in [3.8, 4) is 11.5 Å². The van der Waals surface area contributed by atoms with Crippen molar-refractivity contribution in [3.05, 3.63) is 53.9 Å². The number of cyclic esters (lactones) is 1. The third-order valence-corrected chi connectivity index (χ3v) is 4.57. The van der Waals surface area contributed by atoms with Gasteiger partial charge in [0.05, 0.1) is 19.3 Å². The number of esters is 1. The average Bonchev–Trinajstić information content (AvgIpc) is 3.23. The number of rotatable bonds is 4. The van der Waals surface area contributed by atoms with E-state index in [1.165, 1.54) is 6.07 Å². The molecule has 30 heavy (non-hydrogen) atoms. The number of aromatic hydroxyl groups is 1. The van der Waals surface area contributed by atoms with Gasteiger partial charge in [-0.25, -0.2) is 9.48 Å².